The minimum absolute atomic E-state index is 0.126. The molecular weight excluding hydrogens is 588 g/mol. The maximum atomic E-state index is 14.0. The van der Waals surface area contributed by atoms with Gasteiger partial charge >= 0.3 is 5.69 Å². The SMILES string of the molecule is COC1[C@H](n2cc(C)c(=O)n(COCc3ccccc3)c2=O)OC2(COCc3ccccc3)COCC[C@]12OCc1ccccc1. The van der Waals surface area contributed by atoms with Gasteiger partial charge in [0.05, 0.1) is 33.0 Å². The molecule has 0 aliphatic carbocycles. The minimum atomic E-state index is -1.13. The number of nitrogens with zero attached hydrogens (tertiary/aromatic N) is 2. The highest BCUT2D eigenvalue weighted by Gasteiger charge is 2.69. The minimum Gasteiger partial charge on any atom is -0.378 e. The summed E-state index contributed by atoms with van der Waals surface area (Å²) in [7, 11) is 1.59. The summed E-state index contributed by atoms with van der Waals surface area (Å²) >= 11 is 0. The number of methoxy groups -OCH3 is 1. The molecule has 2 saturated heterocycles. The van der Waals surface area contributed by atoms with Gasteiger partial charge in [-0.2, -0.15) is 0 Å². The van der Waals surface area contributed by atoms with E-state index in [2.05, 4.69) is 0 Å². The molecule has 0 bridgehead atoms. The van der Waals surface area contributed by atoms with Crippen LogP contribution in [0.2, 0.25) is 0 Å². The van der Waals surface area contributed by atoms with Crippen molar-refractivity contribution in [2.75, 3.05) is 26.9 Å². The topological polar surface area (TPSA) is 99.4 Å². The van der Waals surface area contributed by atoms with Crippen LogP contribution in [-0.2, 0) is 55.0 Å². The van der Waals surface area contributed by atoms with Crippen molar-refractivity contribution in [3.8, 4) is 0 Å². The Morgan fingerprint density at radius 3 is 2.02 bits per heavy atom. The van der Waals surface area contributed by atoms with Crippen molar-refractivity contribution in [3.63, 3.8) is 0 Å². The number of fused-ring (bicyclic) bond motifs is 1. The lowest BCUT2D eigenvalue weighted by Crippen LogP contribution is -2.65. The number of rotatable bonds is 13. The van der Waals surface area contributed by atoms with Gasteiger partial charge in [0.1, 0.15) is 24.0 Å². The van der Waals surface area contributed by atoms with Crippen LogP contribution in [-0.4, -0.2) is 53.4 Å². The van der Waals surface area contributed by atoms with Gasteiger partial charge < -0.3 is 28.4 Å². The summed E-state index contributed by atoms with van der Waals surface area (Å²) in [5, 5.41) is 0. The average Bonchev–Trinajstić information content (AvgIpc) is 3.38. The predicted molar refractivity (Wildman–Crippen MR) is 170 cm³/mol. The van der Waals surface area contributed by atoms with Crippen molar-refractivity contribution in [2.24, 2.45) is 0 Å². The van der Waals surface area contributed by atoms with Gasteiger partial charge in [0, 0.05) is 31.9 Å². The van der Waals surface area contributed by atoms with E-state index in [1.165, 1.54) is 10.8 Å². The summed E-state index contributed by atoms with van der Waals surface area (Å²) < 4.78 is 40.6. The second-order valence-electron chi connectivity index (χ2n) is 11.8. The number of hydrogen-bond donors (Lipinski definition) is 0. The first-order valence-electron chi connectivity index (χ1n) is 15.5. The maximum Gasteiger partial charge on any atom is 0.335 e. The van der Waals surface area contributed by atoms with E-state index < -0.39 is 34.8 Å². The molecule has 0 saturated carbocycles. The molecule has 2 aliphatic heterocycles. The Kier molecular flexibility index (Phi) is 9.93. The lowest BCUT2D eigenvalue weighted by atomic mass is 9.77. The molecule has 2 fully saturated rings. The second-order valence-corrected chi connectivity index (χ2v) is 11.8. The van der Waals surface area contributed by atoms with Crippen molar-refractivity contribution in [1.29, 1.82) is 0 Å². The largest absolute Gasteiger partial charge is 0.378 e. The smallest absolute Gasteiger partial charge is 0.335 e. The molecule has 4 aromatic rings. The lowest BCUT2D eigenvalue weighted by Gasteiger charge is -2.48. The van der Waals surface area contributed by atoms with Gasteiger partial charge in [-0.25, -0.2) is 9.36 Å². The molecule has 242 valence electrons. The van der Waals surface area contributed by atoms with Gasteiger partial charge in [0.25, 0.3) is 5.56 Å². The quantitative estimate of drug-likeness (QED) is 0.215. The Bertz CT molecular complexity index is 1690. The summed E-state index contributed by atoms with van der Waals surface area (Å²) in [6.45, 7) is 3.04. The number of hydrogen-bond acceptors (Lipinski definition) is 8. The normalized spacial score (nSPS) is 24.1. The number of aryl methyl sites for hydroxylation is 1. The molecule has 0 amide bonds. The van der Waals surface area contributed by atoms with E-state index in [-0.39, 0.29) is 33.2 Å². The average molecular weight is 629 g/mol. The first-order chi connectivity index (χ1) is 22.5. The van der Waals surface area contributed by atoms with Crippen LogP contribution in [0.5, 0.6) is 0 Å². The van der Waals surface area contributed by atoms with Gasteiger partial charge in [-0.3, -0.25) is 9.36 Å². The van der Waals surface area contributed by atoms with Crippen LogP contribution < -0.4 is 11.2 Å². The van der Waals surface area contributed by atoms with Gasteiger partial charge in [-0.05, 0) is 23.6 Å². The van der Waals surface area contributed by atoms with Crippen molar-refractivity contribution >= 4 is 0 Å². The first kappa shape index (κ1) is 32.1. The molecule has 4 atom stereocenters. The second kappa shape index (κ2) is 14.3. The molecule has 0 N–H and O–H groups in total. The highest BCUT2D eigenvalue weighted by molar-refractivity contribution is 5.20. The van der Waals surface area contributed by atoms with E-state index in [0.29, 0.717) is 25.2 Å². The molecule has 0 spiro atoms. The molecule has 1 aromatic heterocycles. The Morgan fingerprint density at radius 2 is 1.41 bits per heavy atom. The third-order valence-electron chi connectivity index (χ3n) is 8.80. The number of ether oxygens (including phenoxy) is 6. The van der Waals surface area contributed by atoms with Crippen LogP contribution in [0, 0.1) is 6.92 Å². The zero-order valence-electron chi connectivity index (χ0n) is 26.2. The molecule has 46 heavy (non-hydrogen) atoms. The van der Waals surface area contributed by atoms with E-state index >= 15 is 0 Å². The van der Waals surface area contributed by atoms with Crippen LogP contribution >= 0.6 is 0 Å². The summed E-state index contributed by atoms with van der Waals surface area (Å²) in [5.74, 6) is 0. The Morgan fingerprint density at radius 1 is 0.826 bits per heavy atom. The number of benzene rings is 3. The Hall–Kier alpha value is -3.90. The molecule has 3 heterocycles. The highest BCUT2D eigenvalue weighted by Crippen LogP contribution is 2.52. The number of aromatic nitrogens is 2. The van der Waals surface area contributed by atoms with Crippen LogP contribution in [0.1, 0.15) is 34.9 Å². The molecule has 2 aliphatic rings. The fraction of sp³-hybridized carbons (Fsp3) is 0.389. The van der Waals surface area contributed by atoms with E-state index in [9.17, 15) is 9.59 Å². The predicted octanol–water partition coefficient (Wildman–Crippen LogP) is 4.37. The van der Waals surface area contributed by atoms with Crippen LogP contribution in [0.4, 0.5) is 0 Å². The van der Waals surface area contributed by atoms with Crippen LogP contribution in [0.3, 0.4) is 0 Å². The first-order valence-corrected chi connectivity index (χ1v) is 15.5. The molecule has 10 nitrogen and oxygen atoms in total. The third kappa shape index (κ3) is 6.37. The van der Waals surface area contributed by atoms with E-state index in [4.69, 9.17) is 28.4 Å². The van der Waals surface area contributed by atoms with E-state index in [1.807, 2.05) is 91.0 Å². The fourth-order valence-corrected chi connectivity index (χ4v) is 6.44. The lowest BCUT2D eigenvalue weighted by molar-refractivity contribution is -0.256. The maximum absolute atomic E-state index is 14.0. The van der Waals surface area contributed by atoms with Gasteiger partial charge in [-0.1, -0.05) is 91.0 Å². The molecule has 3 aromatic carbocycles. The summed E-state index contributed by atoms with van der Waals surface area (Å²) in [6.07, 6.45) is 0.275. The van der Waals surface area contributed by atoms with Gasteiger partial charge in [0.2, 0.25) is 0 Å². The van der Waals surface area contributed by atoms with Crippen LogP contribution in [0.25, 0.3) is 0 Å². The monoisotopic (exact) mass is 628 g/mol. The van der Waals surface area contributed by atoms with Gasteiger partial charge in [-0.15, -0.1) is 0 Å². The Labute approximate surface area is 268 Å². The third-order valence-corrected chi connectivity index (χ3v) is 8.80. The van der Waals surface area contributed by atoms with Crippen molar-refractivity contribution in [2.45, 2.75) is 63.4 Å². The molecular formula is C36H40N2O8. The molecule has 10 heteroatoms. The van der Waals surface area contributed by atoms with E-state index in [1.54, 1.807) is 14.0 Å². The highest BCUT2D eigenvalue weighted by atomic mass is 16.7. The van der Waals surface area contributed by atoms with E-state index in [0.717, 1.165) is 21.3 Å². The zero-order valence-corrected chi connectivity index (χ0v) is 26.2. The molecule has 0 radical (unpaired) electrons. The van der Waals surface area contributed by atoms with Crippen LogP contribution in [0.15, 0.2) is 107 Å². The summed E-state index contributed by atoms with van der Waals surface area (Å²) in [4.78, 5) is 27.2. The Balaban J connectivity index is 1.35. The van der Waals surface area contributed by atoms with Crippen molar-refractivity contribution in [1.82, 2.24) is 9.13 Å². The van der Waals surface area contributed by atoms with Crippen molar-refractivity contribution in [3.05, 3.63) is 140 Å². The molecule has 2 unspecified atom stereocenters. The summed E-state index contributed by atoms with van der Waals surface area (Å²) in [5.41, 5.74) is 0.110. The standard InChI is InChI=1S/C36H40N2O8/c1-27-20-37(34(40)38(32(27)39)26-44-22-29-14-8-4-9-15-29)33-31(41-2)36(45-23-30-16-10-5-11-17-30)18-19-42-24-35(36,46-33)25-43-21-28-12-6-3-7-13-28/h3-17,20,31,33H,18-19,21-26H2,1-2H3/t31?,33-,35?,36+/m1/s1. The fourth-order valence-electron chi connectivity index (χ4n) is 6.44. The zero-order chi connectivity index (χ0) is 32.0. The van der Waals surface area contributed by atoms with Crippen molar-refractivity contribution < 1.29 is 28.4 Å². The van der Waals surface area contributed by atoms with Gasteiger partial charge in [0.15, 0.2) is 6.23 Å². The molecule has 6 rings (SSSR count). The summed E-state index contributed by atoms with van der Waals surface area (Å²) in [6, 6.07) is 29.3.